The minimum absolute atomic E-state index is 0.0639. The summed E-state index contributed by atoms with van der Waals surface area (Å²) in [6, 6.07) is 0. The fourth-order valence-electron chi connectivity index (χ4n) is 1.13. The topological polar surface area (TPSA) is 154 Å². The Morgan fingerprint density at radius 1 is 0.909 bits per heavy atom. The van der Waals surface area contributed by atoms with Crippen LogP contribution in [0.3, 0.4) is 0 Å². The van der Waals surface area contributed by atoms with E-state index in [0.717, 1.165) is 0 Å². The van der Waals surface area contributed by atoms with E-state index in [1.54, 1.807) is 0 Å². The Labute approximate surface area is 129 Å². The molecule has 0 fully saturated rings. The highest BCUT2D eigenvalue weighted by Gasteiger charge is 2.29. The van der Waals surface area contributed by atoms with Gasteiger partial charge in [0.2, 0.25) is 0 Å². The van der Waals surface area contributed by atoms with Crippen LogP contribution in [0.1, 0.15) is 27.7 Å². The van der Waals surface area contributed by atoms with Crippen molar-refractivity contribution in [1.29, 1.82) is 0 Å². The predicted molar refractivity (Wildman–Crippen MR) is 75.5 cm³/mol. The molecule has 0 amide bonds. The highest BCUT2D eigenvalue weighted by Crippen LogP contribution is 1.99. The Kier molecular flexibility index (Phi) is 12.9. The van der Waals surface area contributed by atoms with Crippen LogP contribution in [-0.2, 0) is 19.1 Å². The van der Waals surface area contributed by atoms with E-state index in [9.17, 15) is 9.59 Å². The summed E-state index contributed by atoms with van der Waals surface area (Å²) in [4.78, 5) is 19.5. The molecule has 9 heteroatoms. The third-order valence-electron chi connectivity index (χ3n) is 2.18. The van der Waals surface area contributed by atoms with Gasteiger partial charge in [-0.05, 0) is 27.7 Å². The van der Waals surface area contributed by atoms with E-state index in [1.165, 1.54) is 0 Å². The van der Waals surface area contributed by atoms with E-state index in [4.69, 9.17) is 35.0 Å². The van der Waals surface area contributed by atoms with E-state index in [1.807, 2.05) is 27.7 Å². The van der Waals surface area contributed by atoms with Crippen LogP contribution in [0.2, 0.25) is 0 Å². The molecular weight excluding hydrogens is 300 g/mol. The second-order valence-corrected chi connectivity index (χ2v) is 4.89. The number of hydrogen-bond acceptors (Lipinski definition) is 7. The zero-order chi connectivity index (χ0) is 17.9. The number of aliphatic hydroxyl groups is 3. The Hall–Kier alpha value is -1.26. The molecule has 5 N–H and O–H groups in total. The van der Waals surface area contributed by atoms with Gasteiger partial charge in [0, 0.05) is 0 Å². The van der Waals surface area contributed by atoms with Crippen LogP contribution in [0.25, 0.3) is 0 Å². The predicted octanol–water partition coefficient (Wildman–Crippen LogP) is -0.925. The van der Waals surface area contributed by atoms with E-state index < -0.39 is 24.1 Å². The molecule has 0 saturated carbocycles. The van der Waals surface area contributed by atoms with Gasteiger partial charge in [-0.25, -0.2) is 9.59 Å². The molecule has 0 aromatic carbocycles. The number of hydrogen-bond donors (Lipinski definition) is 5. The van der Waals surface area contributed by atoms with Gasteiger partial charge in [-0.3, -0.25) is 0 Å². The first kappa shape index (κ1) is 23.0. The van der Waals surface area contributed by atoms with Gasteiger partial charge in [-0.2, -0.15) is 0 Å². The number of carbonyl (C=O) groups is 2. The molecule has 0 aliphatic heterocycles. The van der Waals surface area contributed by atoms with Gasteiger partial charge >= 0.3 is 11.9 Å². The van der Waals surface area contributed by atoms with Crippen molar-refractivity contribution in [1.82, 2.24) is 0 Å². The van der Waals surface area contributed by atoms with Crippen LogP contribution in [-0.4, -0.2) is 81.2 Å². The molecule has 9 nitrogen and oxygen atoms in total. The molecule has 0 aromatic heterocycles. The number of aliphatic carboxylic acids is 2. The molecule has 0 aromatic rings. The average Bonchev–Trinajstić information content (AvgIpc) is 2.42. The van der Waals surface area contributed by atoms with Gasteiger partial charge in [-0.15, -0.1) is 0 Å². The number of aliphatic hydroxyl groups excluding tert-OH is 3. The minimum Gasteiger partial charge on any atom is -0.479 e. The molecule has 0 aliphatic rings. The summed E-state index contributed by atoms with van der Waals surface area (Å²) in [5.41, 5.74) is 0. The fraction of sp³-hybridized carbons (Fsp3) is 0.846. The van der Waals surface area contributed by atoms with Crippen LogP contribution in [0, 0.1) is 0 Å². The summed E-state index contributed by atoms with van der Waals surface area (Å²) in [5.74, 6) is -3.54. The zero-order valence-electron chi connectivity index (χ0n) is 13.2. The van der Waals surface area contributed by atoms with E-state index in [2.05, 4.69) is 0 Å². The Morgan fingerprint density at radius 3 is 1.59 bits per heavy atom. The third-order valence-corrected chi connectivity index (χ3v) is 2.18. The van der Waals surface area contributed by atoms with Crippen LogP contribution in [0.15, 0.2) is 0 Å². The van der Waals surface area contributed by atoms with Crippen LogP contribution in [0.5, 0.6) is 0 Å². The summed E-state index contributed by atoms with van der Waals surface area (Å²) in [6.07, 6.45) is -4.30. The molecule has 0 bridgehead atoms. The SMILES string of the molecule is CC(C)OC(C)COC(C)CO.O=C(O)C(O)C(O)C(=O)O. The van der Waals surface area contributed by atoms with Gasteiger partial charge in [0.05, 0.1) is 31.5 Å². The van der Waals surface area contributed by atoms with Crippen molar-refractivity contribution >= 4 is 11.9 Å². The van der Waals surface area contributed by atoms with Crippen molar-refractivity contribution in [2.75, 3.05) is 13.2 Å². The van der Waals surface area contributed by atoms with Crippen molar-refractivity contribution in [2.45, 2.75) is 58.2 Å². The maximum Gasteiger partial charge on any atom is 0.335 e. The van der Waals surface area contributed by atoms with Crippen molar-refractivity contribution in [2.24, 2.45) is 0 Å². The van der Waals surface area contributed by atoms with Crippen LogP contribution in [0.4, 0.5) is 0 Å². The summed E-state index contributed by atoms with van der Waals surface area (Å²) in [7, 11) is 0. The Morgan fingerprint density at radius 2 is 1.32 bits per heavy atom. The Bertz CT molecular complexity index is 301. The monoisotopic (exact) mass is 326 g/mol. The van der Waals surface area contributed by atoms with Gasteiger partial charge in [0.1, 0.15) is 0 Å². The standard InChI is InChI=1S/C9H20O3.C4H6O6/c1-7(2)12-9(4)6-11-8(3)5-10;5-1(3(7)8)2(6)4(9)10/h7-10H,5-6H2,1-4H3;1-2,5-6H,(H,7,8)(H,9,10). The molecule has 0 saturated heterocycles. The normalized spacial score (nSPS) is 16.2. The smallest absolute Gasteiger partial charge is 0.335 e. The molecule has 4 atom stereocenters. The first-order valence-electron chi connectivity index (χ1n) is 6.72. The molecule has 0 heterocycles. The van der Waals surface area contributed by atoms with Gasteiger partial charge in [0.15, 0.2) is 12.2 Å². The zero-order valence-corrected chi connectivity index (χ0v) is 13.2. The quantitative estimate of drug-likeness (QED) is 0.361. The van der Waals surface area contributed by atoms with Gasteiger partial charge in [0.25, 0.3) is 0 Å². The van der Waals surface area contributed by atoms with Gasteiger partial charge < -0.3 is 35.0 Å². The lowest BCUT2D eigenvalue weighted by atomic mass is 10.2. The lowest BCUT2D eigenvalue weighted by Gasteiger charge is -2.18. The molecule has 0 aliphatic carbocycles. The average molecular weight is 326 g/mol. The number of rotatable bonds is 9. The number of carboxylic acids is 2. The second-order valence-electron chi connectivity index (χ2n) is 4.89. The molecule has 0 rings (SSSR count). The summed E-state index contributed by atoms with van der Waals surface area (Å²) < 4.78 is 10.7. The summed E-state index contributed by atoms with van der Waals surface area (Å²) in [5, 5.41) is 41.2. The maximum absolute atomic E-state index is 9.77. The maximum atomic E-state index is 9.77. The molecule has 0 spiro atoms. The number of ether oxygens (including phenoxy) is 2. The van der Waals surface area contributed by atoms with Crippen LogP contribution < -0.4 is 0 Å². The highest BCUT2D eigenvalue weighted by molar-refractivity contribution is 5.83. The van der Waals surface area contributed by atoms with Gasteiger partial charge in [-0.1, -0.05) is 0 Å². The first-order valence-corrected chi connectivity index (χ1v) is 6.72. The van der Waals surface area contributed by atoms with E-state index >= 15 is 0 Å². The number of carboxylic acid groups (broad SMARTS) is 2. The van der Waals surface area contributed by atoms with E-state index in [0.29, 0.717) is 6.61 Å². The molecule has 132 valence electrons. The summed E-state index contributed by atoms with van der Waals surface area (Å²) >= 11 is 0. The van der Waals surface area contributed by atoms with Crippen LogP contribution >= 0.6 is 0 Å². The van der Waals surface area contributed by atoms with Crippen molar-refractivity contribution in [3.63, 3.8) is 0 Å². The van der Waals surface area contributed by atoms with Crippen molar-refractivity contribution in [3.8, 4) is 0 Å². The van der Waals surface area contributed by atoms with E-state index in [-0.39, 0.29) is 24.9 Å². The van der Waals surface area contributed by atoms with Crippen molar-refractivity contribution < 1.29 is 44.6 Å². The highest BCUT2D eigenvalue weighted by atomic mass is 16.5. The largest absolute Gasteiger partial charge is 0.479 e. The molecule has 0 radical (unpaired) electrons. The fourth-order valence-corrected chi connectivity index (χ4v) is 1.13. The first-order chi connectivity index (χ1) is 10.0. The lowest BCUT2D eigenvalue weighted by Crippen LogP contribution is -2.39. The second kappa shape index (κ2) is 12.3. The summed E-state index contributed by atoms with van der Waals surface area (Å²) in [6.45, 7) is 8.39. The Balaban J connectivity index is 0. The van der Waals surface area contributed by atoms with Crippen molar-refractivity contribution in [3.05, 3.63) is 0 Å². The molecular formula is C13H26O9. The minimum atomic E-state index is -2.27. The lowest BCUT2D eigenvalue weighted by molar-refractivity contribution is -0.165. The molecule has 4 unspecified atom stereocenters. The molecule has 22 heavy (non-hydrogen) atoms. The third kappa shape index (κ3) is 12.5.